The van der Waals surface area contributed by atoms with E-state index in [2.05, 4.69) is 19.6 Å². The number of hydrogen-bond donors (Lipinski definition) is 0. The zero-order valence-electron chi connectivity index (χ0n) is 12.5. The average molecular weight is 306 g/mol. The Kier molecular flexibility index (Phi) is 4.92. The molecule has 0 fully saturated rings. The molecule has 8 heteroatoms. The summed E-state index contributed by atoms with van der Waals surface area (Å²) in [6, 6.07) is 1.75. The van der Waals surface area contributed by atoms with Gasteiger partial charge in [-0.3, -0.25) is 9.80 Å². The summed E-state index contributed by atoms with van der Waals surface area (Å²) in [7, 11) is 3.62. The van der Waals surface area contributed by atoms with Crippen LogP contribution < -0.4 is 0 Å². The molecule has 2 rings (SSSR count). The smallest absolute Gasteiger partial charge is 0.267 e. The minimum absolute atomic E-state index is 0.133. The molecule has 2 heterocycles. The highest BCUT2D eigenvalue weighted by molar-refractivity contribution is 7.08. The van der Waals surface area contributed by atoms with Crippen LogP contribution in [0.5, 0.6) is 0 Å². The molecule has 0 N–H and O–H groups in total. The van der Waals surface area contributed by atoms with Crippen LogP contribution in [0, 0.1) is 0 Å². The van der Waals surface area contributed by atoms with Crippen molar-refractivity contribution in [2.75, 3.05) is 14.1 Å². The fourth-order valence-electron chi connectivity index (χ4n) is 1.78. The molecule has 0 bridgehead atoms. The van der Waals surface area contributed by atoms with Crippen LogP contribution in [0.3, 0.4) is 0 Å². The van der Waals surface area contributed by atoms with Gasteiger partial charge < -0.3 is 0 Å². The maximum atomic E-state index is 12.7. The number of carbonyl (C=O) groups excluding carboxylic acids is 1. The molecule has 0 aliphatic rings. The van der Waals surface area contributed by atoms with Crippen LogP contribution in [0.2, 0.25) is 0 Å². The van der Waals surface area contributed by atoms with E-state index in [1.54, 1.807) is 28.5 Å². The Labute approximate surface area is 127 Å². The van der Waals surface area contributed by atoms with Gasteiger partial charge in [0.15, 0.2) is 0 Å². The van der Waals surface area contributed by atoms with Gasteiger partial charge in [0.05, 0.1) is 12.2 Å². The first kappa shape index (κ1) is 15.5. The number of amides is 1. The lowest BCUT2D eigenvalue weighted by molar-refractivity contribution is 0.0144. The van der Waals surface area contributed by atoms with Crippen molar-refractivity contribution in [2.45, 2.75) is 26.3 Å². The van der Waals surface area contributed by atoms with E-state index in [0.29, 0.717) is 17.2 Å². The van der Waals surface area contributed by atoms with Crippen molar-refractivity contribution in [3.05, 3.63) is 34.9 Å². The molecule has 2 aromatic rings. The van der Waals surface area contributed by atoms with Gasteiger partial charge in [0.1, 0.15) is 10.7 Å². The first-order chi connectivity index (χ1) is 10.0. The lowest BCUT2D eigenvalue weighted by atomic mass is 10.1. The number of nitrogens with zero attached hydrogens (tertiary/aromatic N) is 6. The van der Waals surface area contributed by atoms with Crippen molar-refractivity contribution in [3.63, 3.8) is 0 Å². The van der Waals surface area contributed by atoms with E-state index in [1.165, 1.54) is 0 Å². The van der Waals surface area contributed by atoms with Crippen LogP contribution >= 0.6 is 11.5 Å². The Morgan fingerprint density at radius 3 is 2.52 bits per heavy atom. The van der Waals surface area contributed by atoms with Gasteiger partial charge in [0, 0.05) is 26.5 Å². The molecule has 21 heavy (non-hydrogen) atoms. The van der Waals surface area contributed by atoms with Gasteiger partial charge in [-0.25, -0.2) is 15.0 Å². The molecule has 0 radical (unpaired) electrons. The van der Waals surface area contributed by atoms with Gasteiger partial charge in [0.2, 0.25) is 0 Å². The van der Waals surface area contributed by atoms with E-state index in [1.807, 2.05) is 27.9 Å². The summed E-state index contributed by atoms with van der Waals surface area (Å²) in [5.74, 6) is 0.606. The van der Waals surface area contributed by atoms with E-state index in [4.69, 9.17) is 0 Å². The Balaban J connectivity index is 2.26. The normalized spacial score (nSPS) is 11.1. The second-order valence-electron chi connectivity index (χ2n) is 5.02. The molecule has 0 aromatic carbocycles. The largest absolute Gasteiger partial charge is 0.282 e. The summed E-state index contributed by atoms with van der Waals surface area (Å²) in [4.78, 5) is 21.6. The van der Waals surface area contributed by atoms with Gasteiger partial charge in [-0.1, -0.05) is 18.3 Å². The number of hydrogen-bond acceptors (Lipinski definition) is 7. The topological polar surface area (TPSA) is 75.1 Å². The molecule has 112 valence electrons. The summed E-state index contributed by atoms with van der Waals surface area (Å²) in [5, 5.41) is 7.36. The SMILES string of the molecule is CC(C)c1nnsc1C(=O)N(Cc1ncccn1)N(C)C. The van der Waals surface area contributed by atoms with Gasteiger partial charge in [-0.2, -0.15) is 0 Å². The van der Waals surface area contributed by atoms with E-state index in [0.717, 1.165) is 17.2 Å². The summed E-state index contributed by atoms with van der Waals surface area (Å²) < 4.78 is 3.91. The maximum absolute atomic E-state index is 12.7. The van der Waals surface area contributed by atoms with Crippen LogP contribution in [0.1, 0.15) is 41.0 Å². The fourth-order valence-corrected chi connectivity index (χ4v) is 2.55. The summed E-state index contributed by atoms with van der Waals surface area (Å²) in [6.07, 6.45) is 3.32. The monoisotopic (exact) mass is 306 g/mol. The van der Waals surface area contributed by atoms with Crippen LogP contribution in [0.15, 0.2) is 18.5 Å². The predicted molar refractivity (Wildman–Crippen MR) is 79.6 cm³/mol. The summed E-state index contributed by atoms with van der Waals surface area (Å²) in [6.45, 7) is 4.30. The molecule has 0 aliphatic carbocycles. The standard InChI is InChI=1S/C13H18N6OS/c1-9(2)11-12(21-17-16-11)13(20)19(18(3)4)8-10-14-6-5-7-15-10/h5-7,9H,8H2,1-4H3. The number of rotatable bonds is 5. The zero-order chi connectivity index (χ0) is 15.4. The van der Waals surface area contributed by atoms with E-state index >= 15 is 0 Å². The molecule has 0 atom stereocenters. The third-order valence-electron chi connectivity index (χ3n) is 2.88. The fraction of sp³-hybridized carbons (Fsp3) is 0.462. The summed E-state index contributed by atoms with van der Waals surface area (Å²) >= 11 is 1.12. The van der Waals surface area contributed by atoms with Crippen LogP contribution in [-0.4, -0.2) is 49.6 Å². The molecule has 0 saturated carbocycles. The highest BCUT2D eigenvalue weighted by atomic mass is 32.1. The van der Waals surface area contributed by atoms with Crippen LogP contribution in [0.4, 0.5) is 0 Å². The van der Waals surface area contributed by atoms with Crippen molar-refractivity contribution >= 4 is 17.4 Å². The molecule has 0 saturated heterocycles. The lowest BCUT2D eigenvalue weighted by Gasteiger charge is -2.27. The van der Waals surface area contributed by atoms with Gasteiger partial charge in [0.25, 0.3) is 5.91 Å². The van der Waals surface area contributed by atoms with E-state index < -0.39 is 0 Å². The number of aromatic nitrogens is 4. The van der Waals surface area contributed by atoms with Crippen molar-refractivity contribution < 1.29 is 4.79 Å². The third kappa shape index (κ3) is 3.59. The van der Waals surface area contributed by atoms with E-state index in [9.17, 15) is 4.79 Å². The third-order valence-corrected chi connectivity index (χ3v) is 3.61. The second-order valence-corrected chi connectivity index (χ2v) is 5.77. The van der Waals surface area contributed by atoms with Crippen LogP contribution in [-0.2, 0) is 6.54 Å². The Morgan fingerprint density at radius 1 is 1.29 bits per heavy atom. The molecule has 0 aliphatic heterocycles. The Bertz CT molecular complexity index is 598. The average Bonchev–Trinajstić information content (AvgIpc) is 2.94. The van der Waals surface area contributed by atoms with Crippen molar-refractivity contribution in [1.29, 1.82) is 0 Å². The minimum Gasteiger partial charge on any atom is -0.267 e. The van der Waals surface area contributed by atoms with Crippen LogP contribution in [0.25, 0.3) is 0 Å². The number of hydrazine groups is 1. The minimum atomic E-state index is -0.133. The highest BCUT2D eigenvalue weighted by Gasteiger charge is 2.26. The van der Waals surface area contributed by atoms with Crippen molar-refractivity contribution in [2.24, 2.45) is 0 Å². The molecular weight excluding hydrogens is 288 g/mol. The van der Waals surface area contributed by atoms with Gasteiger partial charge in [-0.15, -0.1) is 5.10 Å². The summed E-state index contributed by atoms with van der Waals surface area (Å²) in [5.41, 5.74) is 0.728. The maximum Gasteiger partial charge on any atom is 0.282 e. The molecule has 0 spiro atoms. The Hall–Kier alpha value is -1.93. The quantitative estimate of drug-likeness (QED) is 0.781. The van der Waals surface area contributed by atoms with Gasteiger partial charge >= 0.3 is 0 Å². The first-order valence-electron chi connectivity index (χ1n) is 6.58. The molecule has 0 unspecified atom stereocenters. The number of carbonyl (C=O) groups is 1. The van der Waals surface area contributed by atoms with Crippen molar-refractivity contribution in [3.8, 4) is 0 Å². The Morgan fingerprint density at radius 2 is 1.95 bits per heavy atom. The predicted octanol–water partition coefficient (Wildman–Crippen LogP) is 1.57. The molecule has 7 nitrogen and oxygen atoms in total. The van der Waals surface area contributed by atoms with Crippen molar-refractivity contribution in [1.82, 2.24) is 29.6 Å². The van der Waals surface area contributed by atoms with E-state index in [-0.39, 0.29) is 11.8 Å². The highest BCUT2D eigenvalue weighted by Crippen LogP contribution is 2.22. The molecule has 2 aromatic heterocycles. The molecule has 1 amide bonds. The van der Waals surface area contributed by atoms with Gasteiger partial charge in [-0.05, 0) is 23.5 Å². The first-order valence-corrected chi connectivity index (χ1v) is 7.35. The molecular formula is C13H18N6OS. The second kappa shape index (κ2) is 6.68. The zero-order valence-corrected chi connectivity index (χ0v) is 13.3. The lowest BCUT2D eigenvalue weighted by Crippen LogP contribution is -2.41.